The number of hydrogen-bond donors (Lipinski definition) is 3. The zero-order valence-electron chi connectivity index (χ0n) is 12.3. The molecule has 2 aliphatic rings. The lowest BCUT2D eigenvalue weighted by Crippen LogP contribution is -2.45. The molecule has 0 spiro atoms. The van der Waals surface area contributed by atoms with Crippen molar-refractivity contribution in [3.63, 3.8) is 0 Å². The first kappa shape index (κ1) is 15.6. The van der Waals surface area contributed by atoms with Crippen molar-refractivity contribution in [3.8, 4) is 0 Å². The largest absolute Gasteiger partial charge is 0.389 e. The highest BCUT2D eigenvalue weighted by atomic mass is 16.5. The molecule has 116 valence electrons. The van der Waals surface area contributed by atoms with Crippen LogP contribution in [0.3, 0.4) is 0 Å². The summed E-state index contributed by atoms with van der Waals surface area (Å²) in [4.78, 5) is 11.7. The SMILES string of the molecule is O=C(NCC(O)COCC1CC1)NC1CCCCCC1. The number of aliphatic hydroxyl groups excluding tert-OH is 1. The Balaban J connectivity index is 1.51. The van der Waals surface area contributed by atoms with Gasteiger partial charge in [-0.2, -0.15) is 0 Å². The molecule has 0 bridgehead atoms. The van der Waals surface area contributed by atoms with Gasteiger partial charge in [0.25, 0.3) is 0 Å². The van der Waals surface area contributed by atoms with Crippen LogP contribution in [0, 0.1) is 5.92 Å². The highest BCUT2D eigenvalue weighted by Crippen LogP contribution is 2.28. The van der Waals surface area contributed by atoms with Crippen molar-refractivity contribution >= 4 is 6.03 Å². The summed E-state index contributed by atoms with van der Waals surface area (Å²) in [5.41, 5.74) is 0. The molecule has 3 N–H and O–H groups in total. The van der Waals surface area contributed by atoms with Gasteiger partial charge in [0.1, 0.15) is 0 Å². The van der Waals surface area contributed by atoms with E-state index < -0.39 is 6.10 Å². The second-order valence-electron chi connectivity index (χ2n) is 6.18. The van der Waals surface area contributed by atoms with Gasteiger partial charge in [-0.3, -0.25) is 0 Å². The number of ether oxygens (including phenoxy) is 1. The number of aliphatic hydroxyl groups is 1. The minimum absolute atomic E-state index is 0.168. The Bertz CT molecular complexity index is 287. The molecule has 0 radical (unpaired) electrons. The van der Waals surface area contributed by atoms with Gasteiger partial charge < -0.3 is 20.5 Å². The van der Waals surface area contributed by atoms with Crippen molar-refractivity contribution in [2.24, 2.45) is 5.92 Å². The van der Waals surface area contributed by atoms with Crippen molar-refractivity contribution in [2.45, 2.75) is 63.5 Å². The van der Waals surface area contributed by atoms with Crippen molar-refractivity contribution in [1.82, 2.24) is 10.6 Å². The van der Waals surface area contributed by atoms with Crippen molar-refractivity contribution in [2.75, 3.05) is 19.8 Å². The first-order chi connectivity index (χ1) is 9.74. The van der Waals surface area contributed by atoms with E-state index in [0.717, 1.165) is 19.4 Å². The van der Waals surface area contributed by atoms with Crippen molar-refractivity contribution < 1.29 is 14.6 Å². The molecule has 0 aliphatic heterocycles. The maximum atomic E-state index is 11.7. The highest BCUT2D eigenvalue weighted by Gasteiger charge is 2.21. The summed E-state index contributed by atoms with van der Waals surface area (Å²) in [7, 11) is 0. The van der Waals surface area contributed by atoms with Gasteiger partial charge >= 0.3 is 6.03 Å². The van der Waals surface area contributed by atoms with Crippen LogP contribution in [0.2, 0.25) is 0 Å². The van der Waals surface area contributed by atoms with Crippen molar-refractivity contribution in [3.05, 3.63) is 0 Å². The van der Waals surface area contributed by atoms with E-state index in [4.69, 9.17) is 4.74 Å². The molecular weight excluding hydrogens is 256 g/mol. The summed E-state index contributed by atoms with van der Waals surface area (Å²) in [6, 6.07) is 0.124. The summed E-state index contributed by atoms with van der Waals surface area (Å²) >= 11 is 0. The Morgan fingerprint density at radius 2 is 1.85 bits per heavy atom. The minimum atomic E-state index is -0.617. The molecule has 2 fully saturated rings. The third kappa shape index (κ3) is 6.57. The summed E-state index contributed by atoms with van der Waals surface area (Å²) < 4.78 is 5.40. The second-order valence-corrected chi connectivity index (χ2v) is 6.18. The van der Waals surface area contributed by atoms with E-state index in [2.05, 4.69) is 10.6 Å². The number of amides is 2. The molecule has 0 saturated heterocycles. The fourth-order valence-corrected chi connectivity index (χ4v) is 2.58. The zero-order valence-corrected chi connectivity index (χ0v) is 12.3. The lowest BCUT2D eigenvalue weighted by molar-refractivity contribution is 0.0337. The molecule has 1 atom stereocenters. The van der Waals surface area contributed by atoms with Crippen LogP contribution in [0.15, 0.2) is 0 Å². The van der Waals surface area contributed by atoms with E-state index in [1.54, 1.807) is 0 Å². The Hall–Kier alpha value is -0.810. The first-order valence-electron chi connectivity index (χ1n) is 8.04. The smallest absolute Gasteiger partial charge is 0.315 e. The quantitative estimate of drug-likeness (QED) is 0.624. The van der Waals surface area contributed by atoms with Gasteiger partial charge in [0.05, 0.1) is 12.7 Å². The van der Waals surface area contributed by atoms with Crippen LogP contribution in [-0.2, 0) is 4.74 Å². The average molecular weight is 284 g/mol. The monoisotopic (exact) mass is 284 g/mol. The summed E-state index contributed by atoms with van der Waals surface area (Å²) in [5, 5.41) is 15.4. The summed E-state index contributed by atoms with van der Waals surface area (Å²) in [6.07, 6.45) is 8.96. The molecule has 5 nitrogen and oxygen atoms in total. The summed E-state index contributed by atoms with van der Waals surface area (Å²) in [5.74, 6) is 0.702. The standard InChI is InChI=1S/C15H28N2O3/c18-14(11-20-10-12-7-8-12)9-16-15(19)17-13-5-3-1-2-4-6-13/h12-14,18H,1-11H2,(H2,16,17,19). The number of nitrogens with one attached hydrogen (secondary N) is 2. The first-order valence-corrected chi connectivity index (χ1v) is 8.04. The molecule has 0 heterocycles. The Labute approximate surface area is 121 Å². The molecule has 2 rings (SSSR count). The van der Waals surface area contributed by atoms with Crippen LogP contribution < -0.4 is 10.6 Å². The van der Waals surface area contributed by atoms with Crippen LogP contribution >= 0.6 is 0 Å². The number of rotatable bonds is 7. The zero-order chi connectivity index (χ0) is 14.2. The molecule has 2 aliphatic carbocycles. The van der Waals surface area contributed by atoms with Crippen LogP contribution in [0.25, 0.3) is 0 Å². The van der Waals surface area contributed by atoms with E-state index in [1.165, 1.54) is 38.5 Å². The van der Waals surface area contributed by atoms with Crippen LogP contribution in [-0.4, -0.2) is 43.0 Å². The van der Waals surface area contributed by atoms with Gasteiger partial charge in [0, 0.05) is 19.2 Å². The third-order valence-electron chi connectivity index (χ3n) is 4.05. The second kappa shape index (κ2) is 8.47. The fourth-order valence-electron chi connectivity index (χ4n) is 2.58. The third-order valence-corrected chi connectivity index (χ3v) is 4.05. The molecule has 2 saturated carbocycles. The predicted octanol–water partition coefficient (Wildman–Crippen LogP) is 1.80. The Morgan fingerprint density at radius 3 is 2.50 bits per heavy atom. The van der Waals surface area contributed by atoms with Crippen LogP contribution in [0.4, 0.5) is 4.79 Å². The molecule has 0 aromatic carbocycles. The molecular formula is C15H28N2O3. The number of urea groups is 1. The van der Waals surface area contributed by atoms with E-state index in [-0.39, 0.29) is 12.6 Å². The Kier molecular flexibility index (Phi) is 6.60. The molecule has 0 aromatic heterocycles. The number of carbonyl (C=O) groups is 1. The lowest BCUT2D eigenvalue weighted by atomic mass is 10.1. The maximum Gasteiger partial charge on any atom is 0.315 e. The molecule has 20 heavy (non-hydrogen) atoms. The minimum Gasteiger partial charge on any atom is -0.389 e. The van der Waals surface area contributed by atoms with Crippen LogP contribution in [0.1, 0.15) is 51.4 Å². The molecule has 5 heteroatoms. The van der Waals surface area contributed by atoms with Gasteiger partial charge in [-0.15, -0.1) is 0 Å². The van der Waals surface area contributed by atoms with E-state index in [1.807, 2.05) is 0 Å². The highest BCUT2D eigenvalue weighted by molar-refractivity contribution is 5.74. The van der Waals surface area contributed by atoms with E-state index >= 15 is 0 Å². The van der Waals surface area contributed by atoms with Gasteiger partial charge in [-0.25, -0.2) is 4.79 Å². The van der Waals surface area contributed by atoms with Gasteiger partial charge in [0.15, 0.2) is 0 Å². The number of hydrogen-bond acceptors (Lipinski definition) is 3. The average Bonchev–Trinajstić information content (AvgIpc) is 3.24. The summed E-state index contributed by atoms with van der Waals surface area (Å²) in [6.45, 7) is 1.30. The normalized spacial score (nSPS) is 22.1. The van der Waals surface area contributed by atoms with E-state index in [0.29, 0.717) is 18.6 Å². The van der Waals surface area contributed by atoms with Crippen molar-refractivity contribution in [1.29, 1.82) is 0 Å². The topological polar surface area (TPSA) is 70.6 Å². The maximum absolute atomic E-state index is 11.7. The lowest BCUT2D eigenvalue weighted by Gasteiger charge is -2.18. The van der Waals surface area contributed by atoms with Gasteiger partial charge in [0.2, 0.25) is 0 Å². The van der Waals surface area contributed by atoms with Gasteiger partial charge in [-0.1, -0.05) is 25.7 Å². The Morgan fingerprint density at radius 1 is 1.15 bits per heavy atom. The van der Waals surface area contributed by atoms with Gasteiger partial charge in [-0.05, 0) is 31.6 Å². The molecule has 2 amide bonds. The fraction of sp³-hybridized carbons (Fsp3) is 0.933. The molecule has 0 aromatic rings. The molecule has 1 unspecified atom stereocenters. The predicted molar refractivity (Wildman–Crippen MR) is 77.6 cm³/mol. The number of carbonyl (C=O) groups excluding carboxylic acids is 1. The van der Waals surface area contributed by atoms with Crippen LogP contribution in [0.5, 0.6) is 0 Å². The van der Waals surface area contributed by atoms with E-state index in [9.17, 15) is 9.90 Å².